The fourth-order valence-electron chi connectivity index (χ4n) is 2.68. The summed E-state index contributed by atoms with van der Waals surface area (Å²) in [7, 11) is 0. The summed E-state index contributed by atoms with van der Waals surface area (Å²) in [5.74, 6) is 0.443. The molecule has 0 unspecified atom stereocenters. The lowest BCUT2D eigenvalue weighted by Crippen LogP contribution is -2.14. The highest BCUT2D eigenvalue weighted by Crippen LogP contribution is 2.22. The number of rotatable bonds is 9. The largest absolute Gasteiger partial charge is 0.494 e. The third-order valence-corrected chi connectivity index (χ3v) is 5.05. The molecule has 1 N–H and O–H groups in total. The molecule has 0 radical (unpaired) electrons. The molecule has 0 atom stereocenters. The standard InChI is InChI=1S/C23H23N3O4S/c1-3-29-19-11-7-16(8-12-19)20-13-14-22(26-25-20)31-15-21(27)24-18-9-5-17(6-10-18)23(28)30-4-2/h5-14H,3-4,15H2,1-2H3,(H,24,27). The number of benzene rings is 2. The number of ether oxygens (including phenoxy) is 2. The Bertz CT molecular complexity index is 1010. The van der Waals surface area contributed by atoms with Crippen molar-refractivity contribution in [2.75, 3.05) is 24.3 Å². The predicted molar refractivity (Wildman–Crippen MR) is 120 cm³/mol. The summed E-state index contributed by atoms with van der Waals surface area (Å²) in [6, 6.07) is 17.9. The van der Waals surface area contributed by atoms with Gasteiger partial charge >= 0.3 is 5.97 Å². The van der Waals surface area contributed by atoms with Crippen LogP contribution in [0.25, 0.3) is 11.3 Å². The van der Waals surface area contributed by atoms with Crippen LogP contribution < -0.4 is 10.1 Å². The average Bonchev–Trinajstić information content (AvgIpc) is 2.79. The van der Waals surface area contributed by atoms with Crippen molar-refractivity contribution in [3.8, 4) is 17.0 Å². The van der Waals surface area contributed by atoms with E-state index in [0.29, 0.717) is 29.5 Å². The summed E-state index contributed by atoms with van der Waals surface area (Å²) >= 11 is 1.30. The normalized spacial score (nSPS) is 10.4. The van der Waals surface area contributed by atoms with Gasteiger partial charge in [-0.25, -0.2) is 4.79 Å². The second-order valence-corrected chi connectivity index (χ2v) is 7.34. The lowest BCUT2D eigenvalue weighted by molar-refractivity contribution is -0.113. The Hall–Kier alpha value is -3.39. The van der Waals surface area contributed by atoms with Crippen LogP contribution in [0.1, 0.15) is 24.2 Å². The van der Waals surface area contributed by atoms with E-state index in [-0.39, 0.29) is 17.6 Å². The van der Waals surface area contributed by atoms with E-state index in [4.69, 9.17) is 9.47 Å². The first-order chi connectivity index (χ1) is 15.1. The van der Waals surface area contributed by atoms with Crippen molar-refractivity contribution in [3.05, 3.63) is 66.2 Å². The zero-order valence-corrected chi connectivity index (χ0v) is 18.1. The van der Waals surface area contributed by atoms with Gasteiger partial charge in [0.25, 0.3) is 0 Å². The van der Waals surface area contributed by atoms with Crippen LogP contribution in [0.5, 0.6) is 5.75 Å². The van der Waals surface area contributed by atoms with Crippen LogP contribution >= 0.6 is 11.8 Å². The van der Waals surface area contributed by atoms with E-state index in [1.807, 2.05) is 43.3 Å². The Morgan fingerprint density at radius 1 is 0.903 bits per heavy atom. The molecule has 160 valence electrons. The fourth-order valence-corrected chi connectivity index (χ4v) is 3.29. The van der Waals surface area contributed by atoms with Gasteiger partial charge in [-0.2, -0.15) is 0 Å². The first-order valence-corrected chi connectivity index (χ1v) is 10.8. The summed E-state index contributed by atoms with van der Waals surface area (Å²) in [5, 5.41) is 11.9. The first-order valence-electron chi connectivity index (χ1n) is 9.86. The minimum Gasteiger partial charge on any atom is -0.494 e. The summed E-state index contributed by atoms with van der Waals surface area (Å²) in [6.45, 7) is 4.64. The van der Waals surface area contributed by atoms with E-state index in [0.717, 1.165) is 17.0 Å². The van der Waals surface area contributed by atoms with Gasteiger partial charge in [-0.15, -0.1) is 10.2 Å². The van der Waals surface area contributed by atoms with Crippen molar-refractivity contribution in [3.63, 3.8) is 0 Å². The third-order valence-electron chi connectivity index (χ3n) is 4.13. The number of hydrogen-bond acceptors (Lipinski definition) is 7. The van der Waals surface area contributed by atoms with Gasteiger partial charge in [-0.05, 0) is 74.5 Å². The molecule has 0 aliphatic heterocycles. The maximum absolute atomic E-state index is 12.2. The van der Waals surface area contributed by atoms with E-state index in [9.17, 15) is 9.59 Å². The molecule has 0 aliphatic rings. The molecule has 0 saturated carbocycles. The van der Waals surface area contributed by atoms with E-state index in [1.54, 1.807) is 31.2 Å². The number of hydrogen-bond donors (Lipinski definition) is 1. The van der Waals surface area contributed by atoms with Crippen molar-refractivity contribution in [1.82, 2.24) is 10.2 Å². The molecule has 8 heteroatoms. The quantitative estimate of drug-likeness (QED) is 0.391. The maximum Gasteiger partial charge on any atom is 0.338 e. The molecule has 2 aromatic carbocycles. The third kappa shape index (κ3) is 6.55. The Balaban J connectivity index is 1.50. The van der Waals surface area contributed by atoms with Crippen LogP contribution in [0.4, 0.5) is 5.69 Å². The molecule has 0 spiro atoms. The molecule has 1 amide bonds. The van der Waals surface area contributed by atoms with Crippen LogP contribution in [-0.2, 0) is 9.53 Å². The highest BCUT2D eigenvalue weighted by Gasteiger charge is 2.09. The lowest BCUT2D eigenvalue weighted by Gasteiger charge is -2.07. The van der Waals surface area contributed by atoms with Crippen molar-refractivity contribution >= 4 is 29.3 Å². The molecule has 3 rings (SSSR count). The van der Waals surface area contributed by atoms with Gasteiger partial charge in [0.2, 0.25) is 5.91 Å². The van der Waals surface area contributed by atoms with E-state index in [2.05, 4.69) is 15.5 Å². The molecule has 1 aromatic heterocycles. The second kappa shape index (κ2) is 11.1. The summed E-state index contributed by atoms with van der Waals surface area (Å²) in [5.41, 5.74) is 2.74. The summed E-state index contributed by atoms with van der Waals surface area (Å²) in [6.07, 6.45) is 0. The number of nitrogens with zero attached hydrogens (tertiary/aromatic N) is 2. The number of thioether (sulfide) groups is 1. The van der Waals surface area contributed by atoms with E-state index in [1.165, 1.54) is 11.8 Å². The Labute approximate surface area is 185 Å². The van der Waals surface area contributed by atoms with Crippen LogP contribution in [-0.4, -0.2) is 41.0 Å². The topological polar surface area (TPSA) is 90.4 Å². The van der Waals surface area contributed by atoms with Gasteiger partial charge in [0, 0.05) is 11.3 Å². The number of anilines is 1. The first kappa shape index (κ1) is 22.3. The highest BCUT2D eigenvalue weighted by atomic mass is 32.2. The van der Waals surface area contributed by atoms with E-state index >= 15 is 0 Å². The number of carbonyl (C=O) groups excluding carboxylic acids is 2. The van der Waals surface area contributed by atoms with Gasteiger partial charge < -0.3 is 14.8 Å². The van der Waals surface area contributed by atoms with Crippen LogP contribution in [0.3, 0.4) is 0 Å². The van der Waals surface area contributed by atoms with Gasteiger partial charge in [-0.1, -0.05) is 11.8 Å². The van der Waals surface area contributed by atoms with Crippen LogP contribution in [0, 0.1) is 0 Å². The van der Waals surface area contributed by atoms with Crippen LogP contribution in [0.2, 0.25) is 0 Å². The Kier molecular flexibility index (Phi) is 8.00. The molecular formula is C23H23N3O4S. The smallest absolute Gasteiger partial charge is 0.338 e. The van der Waals surface area contributed by atoms with Crippen molar-refractivity contribution < 1.29 is 19.1 Å². The Morgan fingerprint density at radius 2 is 1.65 bits per heavy atom. The molecule has 0 saturated heterocycles. The van der Waals surface area contributed by atoms with Crippen molar-refractivity contribution in [1.29, 1.82) is 0 Å². The van der Waals surface area contributed by atoms with Crippen molar-refractivity contribution in [2.24, 2.45) is 0 Å². The Morgan fingerprint density at radius 3 is 2.26 bits per heavy atom. The SMILES string of the molecule is CCOC(=O)c1ccc(NC(=O)CSc2ccc(-c3ccc(OCC)cc3)nn2)cc1. The minimum atomic E-state index is -0.386. The minimum absolute atomic E-state index is 0.175. The number of nitrogens with one attached hydrogen (secondary N) is 1. The van der Waals surface area contributed by atoms with Gasteiger partial charge in [0.15, 0.2) is 0 Å². The van der Waals surface area contributed by atoms with Crippen molar-refractivity contribution in [2.45, 2.75) is 18.9 Å². The molecule has 0 bridgehead atoms. The molecule has 31 heavy (non-hydrogen) atoms. The average molecular weight is 438 g/mol. The predicted octanol–water partition coefficient (Wildman–Crippen LogP) is 4.45. The summed E-state index contributed by atoms with van der Waals surface area (Å²) < 4.78 is 10.4. The number of aromatic nitrogens is 2. The fraction of sp³-hybridized carbons (Fsp3) is 0.217. The lowest BCUT2D eigenvalue weighted by atomic mass is 10.1. The number of esters is 1. The molecule has 0 aliphatic carbocycles. The highest BCUT2D eigenvalue weighted by molar-refractivity contribution is 7.99. The second-order valence-electron chi connectivity index (χ2n) is 6.35. The number of amides is 1. The zero-order valence-electron chi connectivity index (χ0n) is 17.3. The summed E-state index contributed by atoms with van der Waals surface area (Å²) in [4.78, 5) is 23.9. The molecule has 7 nitrogen and oxygen atoms in total. The van der Waals surface area contributed by atoms with Gasteiger partial charge in [0.05, 0.1) is 30.2 Å². The maximum atomic E-state index is 12.2. The molecular weight excluding hydrogens is 414 g/mol. The molecule has 3 aromatic rings. The zero-order chi connectivity index (χ0) is 22.1. The molecule has 0 fully saturated rings. The monoisotopic (exact) mass is 437 g/mol. The number of carbonyl (C=O) groups is 2. The van der Waals surface area contributed by atoms with Gasteiger partial charge in [0.1, 0.15) is 10.8 Å². The molecule has 1 heterocycles. The van der Waals surface area contributed by atoms with Gasteiger partial charge in [-0.3, -0.25) is 4.79 Å². The van der Waals surface area contributed by atoms with Crippen LogP contribution in [0.15, 0.2) is 65.7 Å². The van der Waals surface area contributed by atoms with E-state index < -0.39 is 0 Å².